The largest absolute Gasteiger partial charge is 0.481 e. The lowest BCUT2D eigenvalue weighted by atomic mass is 9.75. The van der Waals surface area contributed by atoms with Crippen molar-refractivity contribution in [2.24, 2.45) is 5.92 Å². The first kappa shape index (κ1) is 14.3. The predicted octanol–water partition coefficient (Wildman–Crippen LogP) is 3.69. The Labute approximate surface area is 119 Å². The molecule has 104 valence electrons. The number of hydrogen-bond acceptors (Lipinski definition) is 2. The van der Waals surface area contributed by atoms with E-state index in [1.54, 1.807) is 18.5 Å². The summed E-state index contributed by atoms with van der Waals surface area (Å²) in [5.74, 6) is -1.23. The number of pyridine rings is 1. The van der Waals surface area contributed by atoms with Crippen molar-refractivity contribution in [2.45, 2.75) is 25.7 Å². The van der Waals surface area contributed by atoms with Gasteiger partial charge in [0.1, 0.15) is 0 Å². The lowest BCUT2D eigenvalue weighted by Gasteiger charge is -2.28. The fourth-order valence-corrected chi connectivity index (χ4v) is 2.70. The zero-order valence-corrected chi connectivity index (χ0v) is 11.7. The van der Waals surface area contributed by atoms with Crippen molar-refractivity contribution in [1.29, 1.82) is 0 Å². The summed E-state index contributed by atoms with van der Waals surface area (Å²) in [5.41, 5.74) is 1.81. The Morgan fingerprint density at radius 1 is 1.05 bits per heavy atom. The molecule has 0 aliphatic carbocycles. The lowest BCUT2D eigenvalue weighted by molar-refractivity contribution is -0.139. The molecule has 0 radical (unpaired) electrons. The molecular formula is C17H19NO2. The first-order valence-electron chi connectivity index (χ1n) is 6.79. The van der Waals surface area contributed by atoms with E-state index in [2.05, 4.69) is 18.8 Å². The van der Waals surface area contributed by atoms with Crippen molar-refractivity contribution < 1.29 is 9.90 Å². The highest BCUT2D eigenvalue weighted by Crippen LogP contribution is 2.38. The summed E-state index contributed by atoms with van der Waals surface area (Å²) in [5, 5.41) is 9.68. The van der Waals surface area contributed by atoms with Gasteiger partial charge in [-0.3, -0.25) is 9.78 Å². The number of rotatable bonds is 5. The van der Waals surface area contributed by atoms with Crippen LogP contribution in [0.5, 0.6) is 0 Å². The van der Waals surface area contributed by atoms with Gasteiger partial charge in [0.25, 0.3) is 0 Å². The molecule has 1 heterocycles. The normalized spacial score (nSPS) is 13.9. The van der Waals surface area contributed by atoms with Gasteiger partial charge in [-0.1, -0.05) is 50.2 Å². The van der Waals surface area contributed by atoms with E-state index >= 15 is 0 Å². The minimum atomic E-state index is -0.805. The smallest absolute Gasteiger partial charge is 0.311 e. The summed E-state index contributed by atoms with van der Waals surface area (Å²) in [6, 6.07) is 13.5. The van der Waals surface area contributed by atoms with E-state index in [0.717, 1.165) is 11.1 Å². The zero-order chi connectivity index (χ0) is 14.5. The summed E-state index contributed by atoms with van der Waals surface area (Å²) in [4.78, 5) is 15.9. The fraction of sp³-hybridized carbons (Fsp3) is 0.294. The Morgan fingerprint density at radius 2 is 1.70 bits per heavy atom. The molecule has 0 spiro atoms. The van der Waals surface area contributed by atoms with E-state index in [0.29, 0.717) is 0 Å². The molecule has 0 aliphatic rings. The van der Waals surface area contributed by atoms with Crippen LogP contribution in [0, 0.1) is 5.92 Å². The average Bonchev–Trinajstić information content (AvgIpc) is 2.45. The number of nitrogens with zero attached hydrogens (tertiary/aromatic N) is 1. The van der Waals surface area contributed by atoms with Crippen molar-refractivity contribution in [3.8, 4) is 0 Å². The van der Waals surface area contributed by atoms with Crippen molar-refractivity contribution in [3.63, 3.8) is 0 Å². The van der Waals surface area contributed by atoms with Crippen molar-refractivity contribution in [1.82, 2.24) is 4.98 Å². The van der Waals surface area contributed by atoms with Crippen LogP contribution in [-0.4, -0.2) is 16.1 Å². The molecule has 0 bridgehead atoms. The molecule has 3 nitrogen and oxygen atoms in total. The number of carbonyl (C=O) groups is 1. The Bertz CT molecular complexity index is 552. The molecule has 20 heavy (non-hydrogen) atoms. The van der Waals surface area contributed by atoms with Crippen molar-refractivity contribution in [3.05, 3.63) is 66.0 Å². The van der Waals surface area contributed by atoms with E-state index in [9.17, 15) is 9.90 Å². The Morgan fingerprint density at radius 3 is 2.20 bits per heavy atom. The van der Waals surface area contributed by atoms with E-state index in [-0.39, 0.29) is 11.8 Å². The van der Waals surface area contributed by atoms with Crippen molar-refractivity contribution >= 4 is 5.97 Å². The van der Waals surface area contributed by atoms with Gasteiger partial charge < -0.3 is 5.11 Å². The molecular weight excluding hydrogens is 250 g/mol. The summed E-state index contributed by atoms with van der Waals surface area (Å²) in [6.07, 6.45) is 3.31. The van der Waals surface area contributed by atoms with Crippen LogP contribution in [-0.2, 0) is 4.79 Å². The molecule has 0 unspecified atom stereocenters. The van der Waals surface area contributed by atoms with Crippen LogP contribution in [0.3, 0.4) is 0 Å². The number of benzene rings is 1. The molecule has 0 saturated carbocycles. The number of hydrogen-bond donors (Lipinski definition) is 1. The minimum Gasteiger partial charge on any atom is -0.481 e. The number of carboxylic acid groups (broad SMARTS) is 1. The molecule has 3 heteroatoms. The zero-order valence-electron chi connectivity index (χ0n) is 11.7. The van der Waals surface area contributed by atoms with Crippen LogP contribution in [0.15, 0.2) is 54.9 Å². The molecule has 1 N–H and O–H groups in total. The third kappa shape index (κ3) is 3.05. The molecule has 2 rings (SSSR count). The highest BCUT2D eigenvalue weighted by molar-refractivity contribution is 5.77. The van der Waals surface area contributed by atoms with Gasteiger partial charge in [-0.25, -0.2) is 0 Å². The van der Waals surface area contributed by atoms with E-state index < -0.39 is 11.9 Å². The molecule has 0 saturated heterocycles. The van der Waals surface area contributed by atoms with Crippen LogP contribution < -0.4 is 0 Å². The maximum Gasteiger partial charge on any atom is 0.311 e. The second-order valence-electron chi connectivity index (χ2n) is 5.28. The molecule has 1 aromatic carbocycles. The van der Waals surface area contributed by atoms with Gasteiger partial charge in [-0.15, -0.1) is 0 Å². The molecule has 1 aromatic heterocycles. The van der Waals surface area contributed by atoms with Gasteiger partial charge in [-0.05, 0) is 23.1 Å². The van der Waals surface area contributed by atoms with E-state index in [1.807, 2.05) is 36.4 Å². The van der Waals surface area contributed by atoms with Crippen LogP contribution >= 0.6 is 0 Å². The molecule has 0 aliphatic heterocycles. The van der Waals surface area contributed by atoms with Crippen LogP contribution in [0.1, 0.15) is 36.8 Å². The monoisotopic (exact) mass is 269 g/mol. The summed E-state index contributed by atoms with van der Waals surface area (Å²) in [7, 11) is 0. The van der Waals surface area contributed by atoms with E-state index in [1.165, 1.54) is 0 Å². The van der Waals surface area contributed by atoms with Gasteiger partial charge in [0.15, 0.2) is 0 Å². The second-order valence-corrected chi connectivity index (χ2v) is 5.28. The minimum absolute atomic E-state index is 0.0714. The lowest BCUT2D eigenvalue weighted by Crippen LogP contribution is -2.24. The average molecular weight is 269 g/mol. The predicted molar refractivity (Wildman–Crippen MR) is 78.6 cm³/mol. The van der Waals surface area contributed by atoms with Gasteiger partial charge in [0.2, 0.25) is 0 Å². The first-order valence-corrected chi connectivity index (χ1v) is 6.79. The van der Waals surface area contributed by atoms with Gasteiger partial charge in [-0.2, -0.15) is 0 Å². The molecule has 2 aromatic rings. The van der Waals surface area contributed by atoms with E-state index in [4.69, 9.17) is 0 Å². The molecule has 0 amide bonds. The summed E-state index contributed by atoms with van der Waals surface area (Å²) >= 11 is 0. The molecule has 0 fully saturated rings. The quantitative estimate of drug-likeness (QED) is 0.900. The van der Waals surface area contributed by atoms with Crippen molar-refractivity contribution in [2.75, 3.05) is 0 Å². The SMILES string of the molecule is CC(C)[C@H](c1ccccc1)[C@@H](C(=O)O)c1cccnc1. The number of aliphatic carboxylic acids is 1. The van der Waals surface area contributed by atoms with Gasteiger partial charge in [0, 0.05) is 18.3 Å². The van der Waals surface area contributed by atoms with Crippen LogP contribution in [0.2, 0.25) is 0 Å². The van der Waals surface area contributed by atoms with Gasteiger partial charge in [0.05, 0.1) is 5.92 Å². The van der Waals surface area contributed by atoms with Crippen LogP contribution in [0.4, 0.5) is 0 Å². The maximum absolute atomic E-state index is 11.8. The highest BCUT2D eigenvalue weighted by Gasteiger charge is 2.33. The Balaban J connectivity index is 2.47. The Kier molecular flexibility index (Phi) is 4.51. The standard InChI is InChI=1S/C17H19NO2/c1-12(2)15(13-7-4-3-5-8-13)16(17(19)20)14-9-6-10-18-11-14/h3-12,15-16H,1-2H3,(H,19,20)/t15-,16+/m1/s1. The highest BCUT2D eigenvalue weighted by atomic mass is 16.4. The number of aromatic nitrogens is 1. The fourth-order valence-electron chi connectivity index (χ4n) is 2.70. The number of carboxylic acids is 1. The van der Waals surface area contributed by atoms with Crippen LogP contribution in [0.25, 0.3) is 0 Å². The third-order valence-corrected chi connectivity index (χ3v) is 3.57. The first-order chi connectivity index (χ1) is 9.61. The van der Waals surface area contributed by atoms with Gasteiger partial charge >= 0.3 is 5.97 Å². The third-order valence-electron chi connectivity index (χ3n) is 3.57. The summed E-state index contributed by atoms with van der Waals surface area (Å²) in [6.45, 7) is 4.12. The Hall–Kier alpha value is -2.16. The summed E-state index contributed by atoms with van der Waals surface area (Å²) < 4.78 is 0. The second kappa shape index (κ2) is 6.33. The topological polar surface area (TPSA) is 50.2 Å². The maximum atomic E-state index is 11.8. The molecule has 2 atom stereocenters.